The fourth-order valence-corrected chi connectivity index (χ4v) is 4.84. The number of hydrogen-bond acceptors (Lipinski definition) is 6. The quantitative estimate of drug-likeness (QED) is 0.435. The highest BCUT2D eigenvalue weighted by Gasteiger charge is 2.25. The van der Waals surface area contributed by atoms with E-state index in [-0.39, 0.29) is 15.7 Å². The molecule has 4 rings (SSSR count). The Labute approximate surface area is 179 Å². The van der Waals surface area contributed by atoms with Crippen LogP contribution < -0.4 is 5.56 Å². The van der Waals surface area contributed by atoms with Gasteiger partial charge in [0.15, 0.2) is 5.65 Å². The van der Waals surface area contributed by atoms with E-state index in [1.54, 1.807) is 30.3 Å². The first-order valence-corrected chi connectivity index (χ1v) is 12.0. The van der Waals surface area contributed by atoms with Crippen molar-refractivity contribution >= 4 is 43.3 Å². The molecule has 4 aromatic rings. The highest BCUT2D eigenvalue weighted by atomic mass is 35.5. The van der Waals surface area contributed by atoms with E-state index >= 15 is 0 Å². The number of sulfone groups is 1. The lowest BCUT2D eigenvalue weighted by Gasteiger charge is -2.13. The van der Waals surface area contributed by atoms with Crippen molar-refractivity contribution in [3.05, 3.63) is 82.2 Å². The molecular formula is C20H14ClN3O4S2. The van der Waals surface area contributed by atoms with Gasteiger partial charge >= 0.3 is 0 Å². The Hall–Kier alpha value is -2.88. The molecule has 1 unspecified atom stereocenters. The van der Waals surface area contributed by atoms with Gasteiger partial charge in [0.1, 0.15) is 4.90 Å². The monoisotopic (exact) mass is 459 g/mol. The lowest BCUT2D eigenvalue weighted by atomic mass is 10.2. The van der Waals surface area contributed by atoms with Crippen LogP contribution in [-0.4, -0.2) is 33.4 Å². The van der Waals surface area contributed by atoms with Gasteiger partial charge in [0.2, 0.25) is 15.0 Å². The highest BCUT2D eigenvalue weighted by molar-refractivity contribution is 7.91. The fraction of sp³-hybridized carbons (Fsp3) is 0.0500. The zero-order valence-electron chi connectivity index (χ0n) is 15.5. The molecule has 2 aromatic heterocycles. The Bertz CT molecular complexity index is 1450. The molecule has 0 aliphatic carbocycles. The summed E-state index contributed by atoms with van der Waals surface area (Å²) < 4.78 is 39.5. The van der Waals surface area contributed by atoms with Crippen LogP contribution in [0.15, 0.2) is 86.6 Å². The van der Waals surface area contributed by atoms with Crippen LogP contribution >= 0.6 is 11.6 Å². The largest absolute Gasteiger partial charge is 0.275 e. The number of para-hydroxylation sites is 1. The summed E-state index contributed by atoms with van der Waals surface area (Å²) in [5.74, 6) is 0. The third-order valence-electron chi connectivity index (χ3n) is 4.37. The third kappa shape index (κ3) is 3.55. The summed E-state index contributed by atoms with van der Waals surface area (Å²) in [6.07, 6.45) is 2.78. The number of nitrogens with zero attached hydrogens (tertiary/aromatic N) is 3. The summed E-state index contributed by atoms with van der Waals surface area (Å²) in [6.45, 7) is 0. The highest BCUT2D eigenvalue weighted by Crippen LogP contribution is 2.24. The van der Waals surface area contributed by atoms with Crippen molar-refractivity contribution in [1.29, 1.82) is 0 Å². The van der Waals surface area contributed by atoms with Crippen LogP contribution in [0.3, 0.4) is 0 Å². The van der Waals surface area contributed by atoms with E-state index in [4.69, 9.17) is 11.6 Å². The van der Waals surface area contributed by atoms with Crippen LogP contribution in [0.4, 0.5) is 0 Å². The molecule has 0 amide bonds. The normalized spacial score (nSPS) is 12.7. The van der Waals surface area contributed by atoms with Crippen LogP contribution in [0.5, 0.6) is 0 Å². The minimum atomic E-state index is -4.14. The second-order valence-corrected chi connectivity index (χ2v) is 9.96. The molecule has 0 aliphatic rings. The van der Waals surface area contributed by atoms with Crippen molar-refractivity contribution in [2.75, 3.05) is 6.26 Å². The molecule has 10 heteroatoms. The van der Waals surface area contributed by atoms with E-state index < -0.39 is 31.1 Å². The standard InChI is InChI=1S/C20H14ClN3O4S2/c1-29(26)20-22-12-13-11-17(30(27,28)16-9-7-14(21)8-10-16)19(25)24(18(13)23-20)15-5-3-2-4-6-15/h2-12H,1H3. The molecule has 0 radical (unpaired) electrons. The molecule has 0 aliphatic heterocycles. The summed E-state index contributed by atoms with van der Waals surface area (Å²) in [7, 11) is -5.62. The predicted octanol–water partition coefficient (Wildman–Crippen LogP) is 3.00. The van der Waals surface area contributed by atoms with Crippen molar-refractivity contribution in [3.63, 3.8) is 0 Å². The van der Waals surface area contributed by atoms with Gasteiger partial charge in [0.25, 0.3) is 5.56 Å². The van der Waals surface area contributed by atoms with Crippen LogP contribution in [0.1, 0.15) is 0 Å². The fourth-order valence-electron chi connectivity index (χ4n) is 2.95. The minimum Gasteiger partial charge on any atom is -0.267 e. The van der Waals surface area contributed by atoms with Crippen LogP contribution in [0.25, 0.3) is 16.7 Å². The Balaban J connectivity index is 2.09. The van der Waals surface area contributed by atoms with E-state index in [0.29, 0.717) is 16.1 Å². The molecule has 30 heavy (non-hydrogen) atoms. The number of fused-ring (bicyclic) bond motifs is 1. The summed E-state index contributed by atoms with van der Waals surface area (Å²) in [5, 5.41) is 0.739. The summed E-state index contributed by atoms with van der Waals surface area (Å²) in [6, 6.07) is 15.3. The van der Waals surface area contributed by atoms with Gasteiger partial charge in [-0.05, 0) is 42.5 Å². The average Bonchev–Trinajstić information content (AvgIpc) is 2.73. The molecule has 0 saturated heterocycles. The van der Waals surface area contributed by atoms with E-state index in [1.165, 1.54) is 47.4 Å². The second-order valence-electron chi connectivity index (χ2n) is 6.33. The van der Waals surface area contributed by atoms with Gasteiger partial charge in [-0.2, -0.15) is 0 Å². The van der Waals surface area contributed by atoms with Crippen molar-refractivity contribution < 1.29 is 12.6 Å². The molecular weight excluding hydrogens is 446 g/mol. The molecule has 2 heterocycles. The number of rotatable bonds is 4. The van der Waals surface area contributed by atoms with Gasteiger partial charge in [-0.25, -0.2) is 18.4 Å². The van der Waals surface area contributed by atoms with Crippen LogP contribution in [-0.2, 0) is 20.6 Å². The smallest absolute Gasteiger partial charge is 0.267 e. The van der Waals surface area contributed by atoms with Crippen molar-refractivity contribution in [2.24, 2.45) is 0 Å². The SMILES string of the molecule is CS(=O)c1ncc2cc(S(=O)(=O)c3ccc(Cl)cc3)c(=O)n(-c3ccccc3)c2n1. The van der Waals surface area contributed by atoms with E-state index in [0.717, 1.165) is 0 Å². The molecule has 0 bridgehead atoms. The Kier molecular flexibility index (Phi) is 5.27. The molecule has 152 valence electrons. The Morgan fingerprint density at radius 1 is 1.03 bits per heavy atom. The molecule has 2 aromatic carbocycles. The van der Waals surface area contributed by atoms with Gasteiger partial charge in [-0.15, -0.1) is 0 Å². The van der Waals surface area contributed by atoms with Gasteiger partial charge in [0, 0.05) is 22.9 Å². The maximum atomic E-state index is 13.4. The summed E-state index contributed by atoms with van der Waals surface area (Å²) in [4.78, 5) is 21.2. The first kappa shape index (κ1) is 20.4. The Morgan fingerprint density at radius 3 is 2.33 bits per heavy atom. The van der Waals surface area contributed by atoms with Crippen molar-refractivity contribution in [3.8, 4) is 5.69 Å². The zero-order chi connectivity index (χ0) is 21.5. The average molecular weight is 460 g/mol. The van der Waals surface area contributed by atoms with Crippen LogP contribution in [0.2, 0.25) is 5.02 Å². The molecule has 1 atom stereocenters. The van der Waals surface area contributed by atoms with Crippen LogP contribution in [0, 0.1) is 0 Å². The zero-order valence-corrected chi connectivity index (χ0v) is 17.9. The maximum absolute atomic E-state index is 13.4. The predicted molar refractivity (Wildman–Crippen MR) is 114 cm³/mol. The summed E-state index contributed by atoms with van der Waals surface area (Å²) >= 11 is 5.86. The summed E-state index contributed by atoms with van der Waals surface area (Å²) in [5.41, 5.74) is -0.177. The van der Waals surface area contributed by atoms with Crippen molar-refractivity contribution in [2.45, 2.75) is 14.9 Å². The maximum Gasteiger partial charge on any atom is 0.275 e. The molecule has 0 saturated carbocycles. The second kappa shape index (κ2) is 7.75. The van der Waals surface area contributed by atoms with Gasteiger partial charge in [-0.1, -0.05) is 29.8 Å². The number of hydrogen-bond donors (Lipinski definition) is 0. The molecule has 0 N–H and O–H groups in total. The van der Waals surface area contributed by atoms with Gasteiger partial charge in [-0.3, -0.25) is 13.6 Å². The first-order valence-electron chi connectivity index (χ1n) is 8.61. The molecule has 0 fully saturated rings. The first-order chi connectivity index (χ1) is 14.3. The minimum absolute atomic E-state index is 0.0416. The lowest BCUT2D eigenvalue weighted by molar-refractivity contribution is 0.594. The number of aromatic nitrogens is 3. The van der Waals surface area contributed by atoms with E-state index in [1.807, 2.05) is 0 Å². The lowest BCUT2D eigenvalue weighted by Crippen LogP contribution is -2.26. The topological polar surface area (TPSA) is 99.0 Å². The van der Waals surface area contributed by atoms with Gasteiger partial charge in [0.05, 0.1) is 21.4 Å². The number of halogens is 1. The van der Waals surface area contributed by atoms with E-state index in [9.17, 15) is 17.4 Å². The molecule has 7 nitrogen and oxygen atoms in total. The van der Waals surface area contributed by atoms with Gasteiger partial charge < -0.3 is 0 Å². The number of pyridine rings is 1. The third-order valence-corrected chi connectivity index (χ3v) is 7.10. The molecule has 0 spiro atoms. The van der Waals surface area contributed by atoms with E-state index in [2.05, 4.69) is 9.97 Å². The Morgan fingerprint density at radius 2 is 1.70 bits per heavy atom. The van der Waals surface area contributed by atoms with Crippen molar-refractivity contribution in [1.82, 2.24) is 14.5 Å². The number of benzene rings is 2.